The normalized spacial score (nSPS) is 22.9. The Balaban J connectivity index is 1.52. The first-order valence-electron chi connectivity index (χ1n) is 8.07. The van der Waals surface area contributed by atoms with Gasteiger partial charge in [-0.2, -0.15) is 0 Å². The fourth-order valence-electron chi connectivity index (χ4n) is 3.02. The van der Waals surface area contributed by atoms with Crippen molar-refractivity contribution < 1.29 is 14.4 Å². The molecule has 24 heavy (non-hydrogen) atoms. The maximum atomic E-state index is 12.5. The number of rotatable bonds is 3. The first kappa shape index (κ1) is 17.0. The number of amides is 3. The van der Waals surface area contributed by atoms with Gasteiger partial charge in [0.25, 0.3) is 0 Å². The summed E-state index contributed by atoms with van der Waals surface area (Å²) in [5.41, 5.74) is 0.718. The lowest BCUT2D eigenvalue weighted by molar-refractivity contribution is -0.139. The lowest BCUT2D eigenvalue weighted by atomic mass is 10.2. The number of nitrogens with one attached hydrogen (secondary N) is 1. The standard InChI is InChI=1S/C17H20BrN3O3/c1-11(22)20-6-8-21(9-7-20)17(24)13-10-12(13)16(23)19-15-5-3-2-4-14(15)18/h2-5,12-13H,6-10H2,1H3,(H,19,23). The van der Waals surface area contributed by atoms with Crippen LogP contribution in [0.2, 0.25) is 0 Å². The number of nitrogens with zero attached hydrogens (tertiary/aromatic N) is 2. The average molecular weight is 394 g/mol. The van der Waals surface area contributed by atoms with Crippen molar-refractivity contribution in [3.63, 3.8) is 0 Å². The van der Waals surface area contributed by atoms with E-state index in [9.17, 15) is 14.4 Å². The maximum absolute atomic E-state index is 12.5. The van der Waals surface area contributed by atoms with Gasteiger partial charge in [-0.25, -0.2) is 0 Å². The van der Waals surface area contributed by atoms with E-state index < -0.39 is 0 Å². The number of hydrogen-bond donors (Lipinski definition) is 1. The molecule has 2 unspecified atom stereocenters. The van der Waals surface area contributed by atoms with Crippen molar-refractivity contribution in [2.45, 2.75) is 13.3 Å². The van der Waals surface area contributed by atoms with Crippen LogP contribution >= 0.6 is 15.9 Å². The summed E-state index contributed by atoms with van der Waals surface area (Å²) in [5.74, 6) is -0.515. The van der Waals surface area contributed by atoms with E-state index in [1.165, 1.54) is 0 Å². The van der Waals surface area contributed by atoms with Crippen LogP contribution in [0.15, 0.2) is 28.7 Å². The Morgan fingerprint density at radius 3 is 2.29 bits per heavy atom. The molecule has 1 aliphatic carbocycles. The number of hydrogen-bond acceptors (Lipinski definition) is 3. The van der Waals surface area contributed by atoms with E-state index in [0.717, 1.165) is 10.2 Å². The van der Waals surface area contributed by atoms with Crippen LogP contribution in [0.25, 0.3) is 0 Å². The molecule has 1 aromatic carbocycles. The van der Waals surface area contributed by atoms with Gasteiger partial charge in [0.2, 0.25) is 17.7 Å². The lowest BCUT2D eigenvalue weighted by Gasteiger charge is -2.34. The first-order valence-corrected chi connectivity index (χ1v) is 8.86. The number of para-hydroxylation sites is 1. The molecule has 0 radical (unpaired) electrons. The molecular formula is C17H20BrN3O3. The van der Waals surface area contributed by atoms with Gasteiger partial charge < -0.3 is 15.1 Å². The van der Waals surface area contributed by atoms with E-state index >= 15 is 0 Å². The fraction of sp³-hybridized carbons (Fsp3) is 0.471. The highest BCUT2D eigenvalue weighted by Crippen LogP contribution is 2.41. The quantitative estimate of drug-likeness (QED) is 0.849. The van der Waals surface area contributed by atoms with E-state index in [2.05, 4.69) is 21.2 Å². The Hall–Kier alpha value is -1.89. The molecule has 6 nitrogen and oxygen atoms in total. The first-order chi connectivity index (χ1) is 11.5. The van der Waals surface area contributed by atoms with Crippen LogP contribution < -0.4 is 5.32 Å². The number of benzene rings is 1. The Bertz CT molecular complexity index is 671. The van der Waals surface area contributed by atoms with E-state index in [0.29, 0.717) is 32.6 Å². The van der Waals surface area contributed by atoms with Crippen LogP contribution in [0.1, 0.15) is 13.3 Å². The van der Waals surface area contributed by atoms with Crippen molar-refractivity contribution >= 4 is 39.3 Å². The summed E-state index contributed by atoms with van der Waals surface area (Å²) in [6.07, 6.45) is 0.599. The van der Waals surface area contributed by atoms with Crippen molar-refractivity contribution in [1.29, 1.82) is 0 Å². The molecule has 1 saturated heterocycles. The number of piperazine rings is 1. The van der Waals surface area contributed by atoms with Crippen molar-refractivity contribution in [3.05, 3.63) is 28.7 Å². The third-order valence-electron chi connectivity index (χ3n) is 4.61. The summed E-state index contributed by atoms with van der Waals surface area (Å²) in [5, 5.41) is 2.87. The monoisotopic (exact) mass is 393 g/mol. The maximum Gasteiger partial charge on any atom is 0.228 e. The van der Waals surface area contributed by atoms with Crippen molar-refractivity contribution in [2.75, 3.05) is 31.5 Å². The second-order valence-corrected chi connectivity index (χ2v) is 7.10. The van der Waals surface area contributed by atoms with Crippen LogP contribution in [0.4, 0.5) is 5.69 Å². The zero-order chi connectivity index (χ0) is 17.3. The number of anilines is 1. The van der Waals surface area contributed by atoms with Gasteiger partial charge in [-0.3, -0.25) is 14.4 Å². The largest absolute Gasteiger partial charge is 0.339 e. The van der Waals surface area contributed by atoms with Crippen LogP contribution in [-0.4, -0.2) is 53.7 Å². The molecule has 1 aromatic rings. The van der Waals surface area contributed by atoms with Gasteiger partial charge in [0.05, 0.1) is 17.5 Å². The van der Waals surface area contributed by atoms with Gasteiger partial charge in [0, 0.05) is 37.6 Å². The van der Waals surface area contributed by atoms with Crippen LogP contribution in [0, 0.1) is 11.8 Å². The molecule has 0 aromatic heterocycles. The number of carbonyl (C=O) groups excluding carboxylic acids is 3. The van der Waals surface area contributed by atoms with Crippen LogP contribution in [-0.2, 0) is 14.4 Å². The molecule has 1 N–H and O–H groups in total. The minimum atomic E-state index is -0.254. The fourth-order valence-corrected chi connectivity index (χ4v) is 3.41. The van der Waals surface area contributed by atoms with Gasteiger partial charge in [0.15, 0.2) is 0 Å². The molecule has 128 valence electrons. The summed E-state index contributed by atoms with van der Waals surface area (Å²) in [4.78, 5) is 39.7. The molecule has 3 rings (SSSR count). The highest BCUT2D eigenvalue weighted by molar-refractivity contribution is 9.10. The number of halogens is 1. The molecule has 1 heterocycles. The van der Waals surface area contributed by atoms with Gasteiger partial charge in [0.1, 0.15) is 0 Å². The molecule has 2 fully saturated rings. The predicted octanol–water partition coefficient (Wildman–Crippen LogP) is 1.71. The van der Waals surface area contributed by atoms with E-state index in [-0.39, 0.29) is 29.6 Å². The molecule has 2 atom stereocenters. The number of carbonyl (C=O) groups is 3. The summed E-state index contributed by atoms with van der Waals surface area (Å²) >= 11 is 3.40. The van der Waals surface area contributed by atoms with Crippen molar-refractivity contribution in [2.24, 2.45) is 11.8 Å². The summed E-state index contributed by atoms with van der Waals surface area (Å²) in [7, 11) is 0. The highest BCUT2D eigenvalue weighted by atomic mass is 79.9. The minimum Gasteiger partial charge on any atom is -0.339 e. The molecule has 3 amide bonds. The molecular weight excluding hydrogens is 374 g/mol. The summed E-state index contributed by atoms with van der Waals surface area (Å²) in [6, 6.07) is 7.41. The SMILES string of the molecule is CC(=O)N1CCN(C(=O)C2CC2C(=O)Nc2ccccc2Br)CC1. The Morgan fingerprint density at radius 2 is 1.67 bits per heavy atom. The third kappa shape index (κ3) is 3.61. The molecule has 1 aliphatic heterocycles. The third-order valence-corrected chi connectivity index (χ3v) is 5.30. The second kappa shape index (κ2) is 6.93. The van der Waals surface area contributed by atoms with Crippen molar-refractivity contribution in [3.8, 4) is 0 Å². The van der Waals surface area contributed by atoms with Gasteiger partial charge in [-0.05, 0) is 34.5 Å². The topological polar surface area (TPSA) is 69.7 Å². The molecule has 0 bridgehead atoms. The predicted molar refractivity (Wildman–Crippen MR) is 93.2 cm³/mol. The summed E-state index contributed by atoms with van der Waals surface area (Å²) in [6.45, 7) is 3.78. The zero-order valence-corrected chi connectivity index (χ0v) is 15.1. The van der Waals surface area contributed by atoms with Gasteiger partial charge >= 0.3 is 0 Å². The Labute approximate surface area is 149 Å². The molecule has 7 heteroatoms. The average Bonchev–Trinajstić information content (AvgIpc) is 3.37. The highest BCUT2D eigenvalue weighted by Gasteiger charge is 2.49. The molecule has 2 aliphatic rings. The van der Waals surface area contributed by atoms with E-state index in [4.69, 9.17) is 0 Å². The van der Waals surface area contributed by atoms with Crippen molar-refractivity contribution in [1.82, 2.24) is 9.80 Å². The summed E-state index contributed by atoms with van der Waals surface area (Å²) < 4.78 is 0.822. The Morgan fingerprint density at radius 1 is 1.04 bits per heavy atom. The minimum absolute atomic E-state index is 0.0329. The molecule has 0 spiro atoms. The van der Waals surface area contributed by atoms with Crippen LogP contribution in [0.3, 0.4) is 0 Å². The van der Waals surface area contributed by atoms with Gasteiger partial charge in [-0.15, -0.1) is 0 Å². The lowest BCUT2D eigenvalue weighted by Crippen LogP contribution is -2.50. The smallest absolute Gasteiger partial charge is 0.228 e. The Kier molecular flexibility index (Phi) is 4.89. The van der Waals surface area contributed by atoms with E-state index in [1.54, 1.807) is 16.7 Å². The molecule has 1 saturated carbocycles. The second-order valence-electron chi connectivity index (χ2n) is 6.25. The van der Waals surface area contributed by atoms with Gasteiger partial charge in [-0.1, -0.05) is 12.1 Å². The van der Waals surface area contributed by atoms with E-state index in [1.807, 2.05) is 24.3 Å². The van der Waals surface area contributed by atoms with Crippen LogP contribution in [0.5, 0.6) is 0 Å². The zero-order valence-electron chi connectivity index (χ0n) is 13.5.